The summed E-state index contributed by atoms with van der Waals surface area (Å²) < 4.78 is 1.59. The first kappa shape index (κ1) is 10.4. The van der Waals surface area contributed by atoms with Gasteiger partial charge in [0.1, 0.15) is 17.7 Å². The Morgan fingerprint density at radius 1 is 1.50 bits per heavy atom. The molecule has 0 saturated carbocycles. The first-order valence-corrected chi connectivity index (χ1v) is 5.02. The van der Waals surface area contributed by atoms with Crippen LogP contribution >= 0.6 is 0 Å². The lowest BCUT2D eigenvalue weighted by Crippen LogP contribution is -2.12. The summed E-state index contributed by atoms with van der Waals surface area (Å²) in [6.07, 6.45) is 5.24. The molecule has 0 unspecified atom stereocenters. The van der Waals surface area contributed by atoms with Gasteiger partial charge in [-0.1, -0.05) is 12.1 Å². The maximum atomic E-state index is 12.0. The van der Waals surface area contributed by atoms with Crippen LogP contribution in [-0.2, 0) is 6.54 Å². The van der Waals surface area contributed by atoms with E-state index in [9.17, 15) is 4.79 Å². The molecule has 0 aliphatic rings. The molecular formula is C10H11N5O. The van der Waals surface area contributed by atoms with Crippen LogP contribution in [0.2, 0.25) is 0 Å². The van der Waals surface area contributed by atoms with Crippen molar-refractivity contribution >= 4 is 5.78 Å². The molecule has 2 aromatic heterocycles. The number of hydrogen-bond donors (Lipinski definition) is 0. The Kier molecular flexibility index (Phi) is 3.00. The van der Waals surface area contributed by atoms with Gasteiger partial charge >= 0.3 is 0 Å². The van der Waals surface area contributed by atoms with Crippen molar-refractivity contribution in [1.82, 2.24) is 25.0 Å². The second-order valence-electron chi connectivity index (χ2n) is 3.27. The summed E-state index contributed by atoms with van der Waals surface area (Å²) >= 11 is 0. The lowest BCUT2D eigenvalue weighted by Gasteiger charge is -2.02. The Morgan fingerprint density at radius 2 is 2.38 bits per heavy atom. The molecule has 2 rings (SSSR count). The van der Waals surface area contributed by atoms with E-state index in [4.69, 9.17) is 0 Å². The van der Waals surface area contributed by atoms with Gasteiger partial charge in [0, 0.05) is 12.7 Å². The molecular weight excluding hydrogens is 206 g/mol. The number of hydrogen-bond acceptors (Lipinski definition) is 5. The van der Waals surface area contributed by atoms with Crippen molar-refractivity contribution in [2.45, 2.75) is 19.9 Å². The summed E-state index contributed by atoms with van der Waals surface area (Å²) in [6.45, 7) is 2.69. The minimum atomic E-state index is -0.180. The SMILES string of the molecule is CCCn1nncc1C(=O)c1ccncn1. The zero-order chi connectivity index (χ0) is 11.4. The third kappa shape index (κ3) is 1.95. The van der Waals surface area contributed by atoms with Crippen molar-refractivity contribution in [3.05, 3.63) is 36.2 Å². The minimum absolute atomic E-state index is 0.180. The Balaban J connectivity index is 2.31. The Hall–Kier alpha value is -2.11. The fourth-order valence-electron chi connectivity index (χ4n) is 1.37. The highest BCUT2D eigenvalue weighted by atomic mass is 16.1. The largest absolute Gasteiger partial charge is 0.285 e. The molecule has 0 fully saturated rings. The summed E-state index contributed by atoms with van der Waals surface area (Å²) in [4.78, 5) is 19.7. The van der Waals surface area contributed by atoms with Crippen LogP contribution in [0.15, 0.2) is 24.8 Å². The Bertz CT molecular complexity index is 479. The van der Waals surface area contributed by atoms with Crippen molar-refractivity contribution in [3.63, 3.8) is 0 Å². The molecule has 16 heavy (non-hydrogen) atoms. The first-order chi connectivity index (χ1) is 7.83. The zero-order valence-corrected chi connectivity index (χ0v) is 8.87. The van der Waals surface area contributed by atoms with Gasteiger partial charge in [0.15, 0.2) is 0 Å². The van der Waals surface area contributed by atoms with Gasteiger partial charge in [-0.2, -0.15) is 0 Å². The highest BCUT2D eigenvalue weighted by Gasteiger charge is 2.15. The molecule has 6 heteroatoms. The zero-order valence-electron chi connectivity index (χ0n) is 8.87. The van der Waals surface area contributed by atoms with E-state index >= 15 is 0 Å². The predicted octanol–water partition coefficient (Wildman–Crippen LogP) is 0.709. The fraction of sp³-hybridized carbons (Fsp3) is 0.300. The van der Waals surface area contributed by atoms with Crippen LogP contribution in [0.4, 0.5) is 0 Å². The summed E-state index contributed by atoms with van der Waals surface area (Å²) in [5, 5.41) is 7.59. The molecule has 2 heterocycles. The topological polar surface area (TPSA) is 73.6 Å². The van der Waals surface area contributed by atoms with Crippen molar-refractivity contribution in [2.75, 3.05) is 0 Å². The molecule has 0 N–H and O–H groups in total. The molecule has 0 atom stereocenters. The van der Waals surface area contributed by atoms with Gasteiger partial charge in [0.05, 0.1) is 6.20 Å². The fourth-order valence-corrected chi connectivity index (χ4v) is 1.37. The molecule has 0 amide bonds. The number of rotatable bonds is 4. The maximum Gasteiger partial charge on any atom is 0.231 e. The van der Waals surface area contributed by atoms with Gasteiger partial charge in [0.2, 0.25) is 5.78 Å². The van der Waals surface area contributed by atoms with Gasteiger partial charge < -0.3 is 0 Å². The lowest BCUT2D eigenvalue weighted by atomic mass is 10.2. The second kappa shape index (κ2) is 4.61. The molecule has 0 saturated heterocycles. The molecule has 0 spiro atoms. The summed E-state index contributed by atoms with van der Waals surface area (Å²) in [6, 6.07) is 1.58. The average Bonchev–Trinajstić information content (AvgIpc) is 2.78. The normalized spacial score (nSPS) is 10.3. The van der Waals surface area contributed by atoms with Crippen LogP contribution in [-0.4, -0.2) is 30.7 Å². The monoisotopic (exact) mass is 217 g/mol. The van der Waals surface area contributed by atoms with Gasteiger partial charge in [-0.05, 0) is 12.5 Å². The van der Waals surface area contributed by atoms with Crippen LogP contribution in [0.1, 0.15) is 29.5 Å². The first-order valence-electron chi connectivity index (χ1n) is 5.02. The van der Waals surface area contributed by atoms with E-state index in [1.54, 1.807) is 10.7 Å². The van der Waals surface area contributed by atoms with Gasteiger partial charge in [-0.15, -0.1) is 5.10 Å². The van der Waals surface area contributed by atoms with E-state index in [0.717, 1.165) is 6.42 Å². The molecule has 0 radical (unpaired) electrons. The van der Waals surface area contributed by atoms with Gasteiger partial charge in [0.25, 0.3) is 0 Å². The molecule has 0 aromatic carbocycles. The molecule has 2 aromatic rings. The van der Waals surface area contributed by atoms with E-state index in [1.165, 1.54) is 18.7 Å². The van der Waals surface area contributed by atoms with E-state index in [0.29, 0.717) is 17.9 Å². The van der Waals surface area contributed by atoms with Crippen molar-refractivity contribution in [2.24, 2.45) is 0 Å². The third-order valence-electron chi connectivity index (χ3n) is 2.10. The second-order valence-corrected chi connectivity index (χ2v) is 3.27. The standard InChI is InChI=1S/C10H11N5O/c1-2-5-15-9(6-13-14-15)10(16)8-3-4-11-7-12-8/h3-4,6-7H,2,5H2,1H3. The Morgan fingerprint density at radius 3 is 3.06 bits per heavy atom. The highest BCUT2D eigenvalue weighted by molar-refractivity contribution is 6.06. The number of ketones is 1. The van der Waals surface area contributed by atoms with E-state index in [1.807, 2.05) is 6.92 Å². The van der Waals surface area contributed by atoms with Crippen LogP contribution < -0.4 is 0 Å². The van der Waals surface area contributed by atoms with Crippen LogP contribution in [0.25, 0.3) is 0 Å². The Labute approximate surface area is 92.3 Å². The van der Waals surface area contributed by atoms with E-state index < -0.39 is 0 Å². The quantitative estimate of drug-likeness (QED) is 0.705. The number of carbonyl (C=O) groups excluding carboxylic acids is 1. The summed E-state index contributed by atoms with van der Waals surface area (Å²) in [5.41, 5.74) is 0.815. The lowest BCUT2D eigenvalue weighted by molar-refractivity contribution is 0.102. The maximum absolute atomic E-state index is 12.0. The molecule has 6 nitrogen and oxygen atoms in total. The third-order valence-corrected chi connectivity index (χ3v) is 2.10. The van der Waals surface area contributed by atoms with E-state index in [2.05, 4.69) is 20.3 Å². The smallest absolute Gasteiger partial charge is 0.231 e. The molecule has 0 aliphatic heterocycles. The van der Waals surface area contributed by atoms with Crippen LogP contribution in [0.3, 0.4) is 0 Å². The van der Waals surface area contributed by atoms with Crippen molar-refractivity contribution < 1.29 is 4.79 Å². The number of aryl methyl sites for hydroxylation is 1. The van der Waals surface area contributed by atoms with Crippen LogP contribution in [0, 0.1) is 0 Å². The predicted molar refractivity (Wildman–Crippen MR) is 55.8 cm³/mol. The van der Waals surface area contributed by atoms with Crippen LogP contribution in [0.5, 0.6) is 0 Å². The van der Waals surface area contributed by atoms with Gasteiger partial charge in [-0.25, -0.2) is 14.6 Å². The van der Waals surface area contributed by atoms with E-state index in [-0.39, 0.29) is 5.78 Å². The molecule has 0 aliphatic carbocycles. The number of aromatic nitrogens is 5. The van der Waals surface area contributed by atoms with Crippen molar-refractivity contribution in [3.8, 4) is 0 Å². The average molecular weight is 217 g/mol. The number of nitrogens with zero attached hydrogens (tertiary/aromatic N) is 5. The summed E-state index contributed by atoms with van der Waals surface area (Å²) in [5.74, 6) is -0.180. The molecule has 0 bridgehead atoms. The minimum Gasteiger partial charge on any atom is -0.285 e. The van der Waals surface area contributed by atoms with Gasteiger partial charge in [-0.3, -0.25) is 4.79 Å². The highest BCUT2D eigenvalue weighted by Crippen LogP contribution is 2.05. The summed E-state index contributed by atoms with van der Waals surface area (Å²) in [7, 11) is 0. The number of carbonyl (C=O) groups is 1. The van der Waals surface area contributed by atoms with Crippen molar-refractivity contribution in [1.29, 1.82) is 0 Å². The molecule has 82 valence electrons.